The summed E-state index contributed by atoms with van der Waals surface area (Å²) in [6.45, 7) is 2.17. The zero-order chi connectivity index (χ0) is 10.1. The van der Waals surface area contributed by atoms with Crippen LogP contribution in [0.1, 0.15) is 19.8 Å². The van der Waals surface area contributed by atoms with E-state index < -0.39 is 0 Å². The highest BCUT2D eigenvalue weighted by molar-refractivity contribution is 7.80. The van der Waals surface area contributed by atoms with Gasteiger partial charge in [0.2, 0.25) is 0 Å². The highest BCUT2D eigenvalue weighted by atomic mass is 32.1. The molecule has 0 spiro atoms. The first-order valence-corrected chi connectivity index (χ1v) is 4.30. The fourth-order valence-electron chi connectivity index (χ4n) is 0.589. The number of rotatable bonds is 5. The highest BCUT2D eigenvalue weighted by Crippen LogP contribution is 1.89. The minimum atomic E-state index is -0.232. The lowest BCUT2D eigenvalue weighted by Crippen LogP contribution is -2.23. The van der Waals surface area contributed by atoms with E-state index >= 15 is 0 Å². The molecular formula is C7H13N3O2S. The van der Waals surface area contributed by atoms with Gasteiger partial charge in [0.15, 0.2) is 5.11 Å². The van der Waals surface area contributed by atoms with Gasteiger partial charge in [-0.05, 0) is 25.6 Å². The van der Waals surface area contributed by atoms with Crippen molar-refractivity contribution in [3.8, 4) is 0 Å². The van der Waals surface area contributed by atoms with Crippen LogP contribution in [0.5, 0.6) is 0 Å². The van der Waals surface area contributed by atoms with Gasteiger partial charge < -0.3 is 10.5 Å². The summed E-state index contributed by atoms with van der Waals surface area (Å²) in [5.74, 6) is -0.232. The van der Waals surface area contributed by atoms with Gasteiger partial charge in [0.25, 0.3) is 0 Å². The van der Waals surface area contributed by atoms with Crippen LogP contribution in [0.4, 0.5) is 0 Å². The maximum Gasteiger partial charge on any atom is 0.306 e. The third-order valence-corrected chi connectivity index (χ3v) is 1.14. The molecule has 0 aromatic carbocycles. The van der Waals surface area contributed by atoms with E-state index in [1.165, 1.54) is 6.21 Å². The third kappa shape index (κ3) is 8.74. The summed E-state index contributed by atoms with van der Waals surface area (Å²) < 4.78 is 4.70. The van der Waals surface area contributed by atoms with Crippen molar-refractivity contribution in [2.24, 2.45) is 10.8 Å². The molecule has 0 amide bonds. The van der Waals surface area contributed by atoms with Crippen LogP contribution >= 0.6 is 12.2 Å². The predicted octanol–water partition coefficient (Wildman–Crippen LogP) is 0.149. The van der Waals surface area contributed by atoms with E-state index in [0.717, 1.165) is 0 Å². The Bertz CT molecular complexity index is 206. The molecule has 0 heterocycles. The summed E-state index contributed by atoms with van der Waals surface area (Å²) in [6.07, 6.45) is 2.35. The first kappa shape index (κ1) is 11.8. The van der Waals surface area contributed by atoms with E-state index in [9.17, 15) is 4.79 Å². The maximum absolute atomic E-state index is 10.8. The van der Waals surface area contributed by atoms with Crippen molar-refractivity contribution >= 4 is 29.5 Å². The molecule has 0 aromatic heterocycles. The number of carbonyl (C=O) groups is 1. The molecule has 0 saturated heterocycles. The fourth-order valence-corrected chi connectivity index (χ4v) is 0.642. The minimum absolute atomic E-state index is 0.104. The first-order chi connectivity index (χ1) is 6.16. The molecule has 3 N–H and O–H groups in total. The second kappa shape index (κ2) is 7.48. The Morgan fingerprint density at radius 1 is 1.77 bits per heavy atom. The van der Waals surface area contributed by atoms with Gasteiger partial charge in [-0.2, -0.15) is 5.10 Å². The molecule has 0 rings (SSSR count). The number of hydrogen-bond donors (Lipinski definition) is 2. The molecule has 0 bridgehead atoms. The van der Waals surface area contributed by atoms with Gasteiger partial charge in [-0.15, -0.1) is 0 Å². The normalized spacial score (nSPS) is 9.92. The molecule has 0 aliphatic rings. The van der Waals surface area contributed by atoms with Crippen LogP contribution in [-0.4, -0.2) is 23.9 Å². The van der Waals surface area contributed by atoms with E-state index in [1.807, 2.05) is 0 Å². The van der Waals surface area contributed by atoms with Crippen LogP contribution in [0.25, 0.3) is 0 Å². The number of nitrogens with one attached hydrogen (secondary N) is 1. The van der Waals surface area contributed by atoms with Crippen molar-refractivity contribution in [3.63, 3.8) is 0 Å². The predicted molar refractivity (Wildman–Crippen MR) is 54.3 cm³/mol. The summed E-state index contributed by atoms with van der Waals surface area (Å²) in [4.78, 5) is 10.8. The van der Waals surface area contributed by atoms with Gasteiger partial charge in [0, 0.05) is 6.21 Å². The molecule has 0 aliphatic carbocycles. The molecule has 0 fully saturated rings. The summed E-state index contributed by atoms with van der Waals surface area (Å²) in [5.41, 5.74) is 7.47. The number of ether oxygens (including phenoxy) is 1. The van der Waals surface area contributed by atoms with Crippen LogP contribution in [0, 0.1) is 0 Å². The Morgan fingerprint density at radius 3 is 3.00 bits per heavy atom. The number of nitrogens with zero attached hydrogens (tertiary/aromatic N) is 1. The molecule has 0 saturated carbocycles. The molecule has 0 aliphatic heterocycles. The third-order valence-electron chi connectivity index (χ3n) is 1.05. The van der Waals surface area contributed by atoms with Gasteiger partial charge in [0.05, 0.1) is 13.0 Å². The lowest BCUT2D eigenvalue weighted by Gasteiger charge is -1.97. The van der Waals surface area contributed by atoms with Gasteiger partial charge in [-0.25, -0.2) is 0 Å². The lowest BCUT2D eigenvalue weighted by atomic mass is 10.3. The quantitative estimate of drug-likeness (QED) is 0.288. The van der Waals surface area contributed by atoms with E-state index in [4.69, 9.17) is 10.5 Å². The molecule has 0 unspecified atom stereocenters. The van der Waals surface area contributed by atoms with Crippen molar-refractivity contribution < 1.29 is 9.53 Å². The van der Waals surface area contributed by atoms with Crippen LogP contribution in [0.15, 0.2) is 5.10 Å². The second-order valence-corrected chi connectivity index (χ2v) is 2.57. The van der Waals surface area contributed by atoms with Crippen LogP contribution in [-0.2, 0) is 9.53 Å². The number of hydrazone groups is 1. The van der Waals surface area contributed by atoms with Gasteiger partial charge in [0.1, 0.15) is 0 Å². The molecule has 5 nitrogen and oxygen atoms in total. The first-order valence-electron chi connectivity index (χ1n) is 3.89. The second-order valence-electron chi connectivity index (χ2n) is 2.13. The summed E-state index contributed by atoms with van der Waals surface area (Å²) in [5, 5.41) is 3.76. The van der Waals surface area contributed by atoms with Crippen LogP contribution < -0.4 is 11.2 Å². The number of esters is 1. The minimum Gasteiger partial charge on any atom is -0.466 e. The Kier molecular flexibility index (Phi) is 6.80. The Labute approximate surface area is 82.3 Å². The number of thiocarbonyl (C=S) groups is 1. The van der Waals surface area contributed by atoms with Crippen molar-refractivity contribution in [2.75, 3.05) is 6.61 Å². The monoisotopic (exact) mass is 203 g/mol. The SMILES string of the molecule is CCOC(=O)CC/C=N/NC(N)=S. The summed E-state index contributed by atoms with van der Waals surface area (Å²) in [6, 6.07) is 0. The van der Waals surface area contributed by atoms with Crippen molar-refractivity contribution in [2.45, 2.75) is 19.8 Å². The van der Waals surface area contributed by atoms with Gasteiger partial charge >= 0.3 is 5.97 Å². The van der Waals surface area contributed by atoms with E-state index in [1.54, 1.807) is 6.92 Å². The molecule has 13 heavy (non-hydrogen) atoms. The van der Waals surface area contributed by atoms with Gasteiger partial charge in [-0.1, -0.05) is 0 Å². The largest absolute Gasteiger partial charge is 0.466 e. The zero-order valence-corrected chi connectivity index (χ0v) is 8.26. The standard InChI is InChI=1S/C7H13N3O2S/c1-2-12-6(11)4-3-5-9-10-7(8)13/h5H,2-4H2,1H3,(H3,8,10,13)/b9-5+. The number of carbonyl (C=O) groups excluding carboxylic acids is 1. The average Bonchev–Trinajstić information content (AvgIpc) is 2.03. The number of hydrogen-bond acceptors (Lipinski definition) is 4. The summed E-state index contributed by atoms with van der Waals surface area (Å²) >= 11 is 4.50. The zero-order valence-electron chi connectivity index (χ0n) is 7.45. The molecule has 0 atom stereocenters. The van der Waals surface area contributed by atoms with Crippen molar-refractivity contribution in [1.82, 2.24) is 5.43 Å². The molecular weight excluding hydrogens is 190 g/mol. The van der Waals surface area contributed by atoms with Crippen molar-refractivity contribution in [1.29, 1.82) is 0 Å². The highest BCUT2D eigenvalue weighted by Gasteiger charge is 1.97. The smallest absolute Gasteiger partial charge is 0.306 e. The molecule has 6 heteroatoms. The maximum atomic E-state index is 10.8. The van der Waals surface area contributed by atoms with Gasteiger partial charge in [-0.3, -0.25) is 10.2 Å². The van der Waals surface area contributed by atoms with E-state index in [2.05, 4.69) is 22.7 Å². The summed E-state index contributed by atoms with van der Waals surface area (Å²) in [7, 11) is 0. The average molecular weight is 203 g/mol. The van der Waals surface area contributed by atoms with Crippen LogP contribution in [0.2, 0.25) is 0 Å². The fraction of sp³-hybridized carbons (Fsp3) is 0.571. The van der Waals surface area contributed by atoms with E-state index in [0.29, 0.717) is 19.4 Å². The molecule has 0 radical (unpaired) electrons. The Hall–Kier alpha value is -1.17. The Morgan fingerprint density at radius 2 is 2.46 bits per heavy atom. The Balaban J connectivity index is 3.38. The number of nitrogens with two attached hydrogens (primary N) is 1. The molecule has 74 valence electrons. The van der Waals surface area contributed by atoms with E-state index in [-0.39, 0.29) is 11.1 Å². The topological polar surface area (TPSA) is 76.7 Å². The van der Waals surface area contributed by atoms with Crippen LogP contribution in [0.3, 0.4) is 0 Å². The lowest BCUT2D eigenvalue weighted by molar-refractivity contribution is -0.142. The van der Waals surface area contributed by atoms with Crippen molar-refractivity contribution in [3.05, 3.63) is 0 Å². The molecule has 0 aromatic rings.